The van der Waals surface area contributed by atoms with E-state index in [1.54, 1.807) is 17.9 Å². The number of benzene rings is 2. The van der Waals surface area contributed by atoms with Crippen LogP contribution < -0.4 is 4.74 Å². The van der Waals surface area contributed by atoms with Crippen LogP contribution in [0.1, 0.15) is 5.69 Å². The fourth-order valence-electron chi connectivity index (χ4n) is 2.25. The monoisotopic (exact) mass is 315 g/mol. The smallest absolute Gasteiger partial charge is 0.119 e. The second kappa shape index (κ2) is 6.17. The van der Waals surface area contributed by atoms with E-state index in [0.29, 0.717) is 10.7 Å². The summed E-state index contributed by atoms with van der Waals surface area (Å²) in [6, 6.07) is 14.8. The molecule has 1 N–H and O–H groups in total. The first-order chi connectivity index (χ1) is 10.7. The molecule has 0 amide bonds. The van der Waals surface area contributed by atoms with E-state index in [0.717, 1.165) is 22.7 Å². The highest BCUT2D eigenvalue weighted by atomic mass is 35.5. The maximum atomic E-state index is 9.52. The zero-order chi connectivity index (χ0) is 15.5. The van der Waals surface area contributed by atoms with Gasteiger partial charge in [-0.2, -0.15) is 0 Å². The number of methoxy groups -OCH3 is 1. The molecule has 0 saturated heterocycles. The summed E-state index contributed by atoms with van der Waals surface area (Å²) in [5.74, 6) is 0.760. The minimum atomic E-state index is -0.196. The lowest BCUT2D eigenvalue weighted by Gasteiger charge is -2.09. The molecule has 0 spiro atoms. The molecule has 112 valence electrons. The van der Waals surface area contributed by atoms with E-state index in [1.807, 2.05) is 42.5 Å². The van der Waals surface area contributed by atoms with Crippen molar-refractivity contribution >= 4 is 11.6 Å². The largest absolute Gasteiger partial charge is 0.497 e. The molecular weight excluding hydrogens is 302 g/mol. The van der Waals surface area contributed by atoms with Gasteiger partial charge in [0.25, 0.3) is 0 Å². The van der Waals surface area contributed by atoms with Crippen LogP contribution in [0.3, 0.4) is 0 Å². The number of aromatic nitrogens is 3. The number of hydrogen-bond acceptors (Lipinski definition) is 4. The topological polar surface area (TPSA) is 60.2 Å². The summed E-state index contributed by atoms with van der Waals surface area (Å²) < 4.78 is 6.84. The highest BCUT2D eigenvalue weighted by Gasteiger charge is 2.16. The molecule has 0 aliphatic heterocycles. The van der Waals surface area contributed by atoms with Crippen LogP contribution in [0.5, 0.6) is 5.75 Å². The Hall–Kier alpha value is -2.37. The molecule has 3 aromatic rings. The van der Waals surface area contributed by atoms with Crippen LogP contribution in [0.25, 0.3) is 16.9 Å². The summed E-state index contributed by atoms with van der Waals surface area (Å²) in [6.45, 7) is -0.196. The maximum Gasteiger partial charge on any atom is 0.119 e. The van der Waals surface area contributed by atoms with E-state index in [2.05, 4.69) is 10.3 Å². The maximum absolute atomic E-state index is 9.52. The van der Waals surface area contributed by atoms with Crippen molar-refractivity contribution in [2.75, 3.05) is 7.11 Å². The molecular formula is C16H14ClN3O2. The van der Waals surface area contributed by atoms with Crippen molar-refractivity contribution in [3.05, 3.63) is 59.2 Å². The summed E-state index contributed by atoms with van der Waals surface area (Å²) in [4.78, 5) is 0. The average molecular weight is 316 g/mol. The lowest BCUT2D eigenvalue weighted by atomic mass is 10.1. The SMILES string of the molecule is COc1ccc(-n2nnc(CO)c2-c2cccc(Cl)c2)cc1. The molecule has 5 nitrogen and oxygen atoms in total. The molecule has 0 fully saturated rings. The van der Waals surface area contributed by atoms with Crippen molar-refractivity contribution in [3.8, 4) is 22.7 Å². The zero-order valence-corrected chi connectivity index (χ0v) is 12.7. The van der Waals surface area contributed by atoms with Crippen LogP contribution in [-0.2, 0) is 6.61 Å². The van der Waals surface area contributed by atoms with Gasteiger partial charge in [-0.25, -0.2) is 4.68 Å². The number of hydrogen-bond donors (Lipinski definition) is 1. The Morgan fingerprint density at radius 1 is 1.18 bits per heavy atom. The summed E-state index contributed by atoms with van der Waals surface area (Å²) in [5.41, 5.74) is 2.88. The second-order valence-electron chi connectivity index (χ2n) is 4.66. The van der Waals surface area contributed by atoms with Gasteiger partial charge in [-0.3, -0.25) is 0 Å². The normalized spacial score (nSPS) is 10.7. The van der Waals surface area contributed by atoms with Gasteiger partial charge < -0.3 is 9.84 Å². The fraction of sp³-hybridized carbons (Fsp3) is 0.125. The lowest BCUT2D eigenvalue weighted by Crippen LogP contribution is -2.00. The second-order valence-corrected chi connectivity index (χ2v) is 5.10. The van der Waals surface area contributed by atoms with E-state index in [-0.39, 0.29) is 6.61 Å². The van der Waals surface area contributed by atoms with E-state index < -0.39 is 0 Å². The predicted octanol–water partition coefficient (Wildman–Crippen LogP) is 3.09. The first-order valence-corrected chi connectivity index (χ1v) is 7.06. The van der Waals surface area contributed by atoms with Crippen LogP contribution in [0.4, 0.5) is 0 Å². The van der Waals surface area contributed by atoms with Gasteiger partial charge in [0.2, 0.25) is 0 Å². The molecule has 1 aromatic heterocycles. The third kappa shape index (κ3) is 2.68. The number of rotatable bonds is 4. The van der Waals surface area contributed by atoms with Crippen molar-refractivity contribution in [2.45, 2.75) is 6.61 Å². The van der Waals surface area contributed by atoms with Crippen molar-refractivity contribution in [1.29, 1.82) is 0 Å². The van der Waals surface area contributed by atoms with Gasteiger partial charge in [0, 0.05) is 10.6 Å². The third-order valence-electron chi connectivity index (χ3n) is 3.30. The van der Waals surface area contributed by atoms with Gasteiger partial charge in [-0.15, -0.1) is 5.10 Å². The molecule has 0 bridgehead atoms. The summed E-state index contributed by atoms with van der Waals surface area (Å²) in [5, 5.41) is 18.3. The average Bonchev–Trinajstić information content (AvgIpc) is 2.99. The first kappa shape index (κ1) is 14.6. The number of halogens is 1. The molecule has 0 saturated carbocycles. The molecule has 0 radical (unpaired) electrons. The quantitative estimate of drug-likeness (QED) is 0.803. The molecule has 0 aliphatic carbocycles. The van der Waals surface area contributed by atoms with Gasteiger partial charge >= 0.3 is 0 Å². The molecule has 1 heterocycles. The van der Waals surface area contributed by atoms with Gasteiger partial charge in [0.15, 0.2) is 0 Å². The lowest BCUT2D eigenvalue weighted by molar-refractivity contribution is 0.277. The minimum absolute atomic E-state index is 0.196. The third-order valence-corrected chi connectivity index (χ3v) is 3.54. The Kier molecular flexibility index (Phi) is 4.09. The molecule has 22 heavy (non-hydrogen) atoms. The Bertz CT molecular complexity index is 784. The summed E-state index contributed by atoms with van der Waals surface area (Å²) in [6.07, 6.45) is 0. The van der Waals surface area contributed by atoms with Crippen molar-refractivity contribution in [3.63, 3.8) is 0 Å². The van der Waals surface area contributed by atoms with Crippen molar-refractivity contribution in [2.24, 2.45) is 0 Å². The fourth-order valence-corrected chi connectivity index (χ4v) is 2.44. The standard InChI is InChI=1S/C16H14ClN3O2/c1-22-14-7-5-13(6-8-14)20-16(15(10-21)18-19-20)11-3-2-4-12(17)9-11/h2-9,21H,10H2,1H3. The first-order valence-electron chi connectivity index (χ1n) is 6.68. The zero-order valence-electron chi connectivity index (χ0n) is 11.9. The Morgan fingerprint density at radius 2 is 1.95 bits per heavy atom. The number of aliphatic hydroxyl groups excluding tert-OH is 1. The molecule has 0 atom stereocenters. The Labute approximate surface area is 132 Å². The highest BCUT2D eigenvalue weighted by Crippen LogP contribution is 2.28. The van der Waals surface area contributed by atoms with Gasteiger partial charge in [0.1, 0.15) is 17.1 Å². The van der Waals surface area contributed by atoms with Crippen molar-refractivity contribution < 1.29 is 9.84 Å². The minimum Gasteiger partial charge on any atom is -0.497 e. The van der Waals surface area contributed by atoms with Crippen LogP contribution in [-0.4, -0.2) is 27.2 Å². The van der Waals surface area contributed by atoms with Crippen LogP contribution in [0.2, 0.25) is 5.02 Å². The van der Waals surface area contributed by atoms with Gasteiger partial charge in [-0.05, 0) is 36.4 Å². The predicted molar refractivity (Wildman–Crippen MR) is 84.3 cm³/mol. The molecule has 2 aromatic carbocycles. The van der Waals surface area contributed by atoms with E-state index in [4.69, 9.17) is 16.3 Å². The Balaban J connectivity index is 2.14. The van der Waals surface area contributed by atoms with E-state index in [9.17, 15) is 5.11 Å². The number of ether oxygens (including phenoxy) is 1. The summed E-state index contributed by atoms with van der Waals surface area (Å²) in [7, 11) is 1.62. The Morgan fingerprint density at radius 3 is 2.59 bits per heavy atom. The van der Waals surface area contributed by atoms with E-state index >= 15 is 0 Å². The van der Waals surface area contributed by atoms with Crippen molar-refractivity contribution in [1.82, 2.24) is 15.0 Å². The van der Waals surface area contributed by atoms with Gasteiger partial charge in [0.05, 0.1) is 19.4 Å². The molecule has 0 aliphatic rings. The molecule has 3 rings (SSSR count). The molecule has 0 unspecified atom stereocenters. The molecule has 6 heteroatoms. The van der Waals surface area contributed by atoms with Crippen LogP contribution in [0.15, 0.2) is 48.5 Å². The van der Waals surface area contributed by atoms with Gasteiger partial charge in [-0.1, -0.05) is 28.9 Å². The van der Waals surface area contributed by atoms with E-state index in [1.165, 1.54) is 0 Å². The van der Waals surface area contributed by atoms with Crippen LogP contribution in [0, 0.1) is 0 Å². The van der Waals surface area contributed by atoms with Crippen LogP contribution >= 0.6 is 11.6 Å². The highest BCUT2D eigenvalue weighted by molar-refractivity contribution is 6.30. The number of aliphatic hydroxyl groups is 1. The summed E-state index contributed by atoms with van der Waals surface area (Å²) >= 11 is 6.07. The number of nitrogens with zero attached hydrogens (tertiary/aromatic N) is 3.